The number of likely N-dealkylation sites (N-methyl/N-ethyl adjacent to an activating group) is 1. The van der Waals surface area contributed by atoms with E-state index in [2.05, 4.69) is 12.2 Å². The zero-order chi connectivity index (χ0) is 11.8. The van der Waals surface area contributed by atoms with Gasteiger partial charge in [0.25, 0.3) is 0 Å². The molecular weight excluding hydrogens is 200 g/mol. The summed E-state index contributed by atoms with van der Waals surface area (Å²) in [5.41, 5.74) is 0. The average Bonchev–Trinajstić information content (AvgIpc) is 2.34. The maximum absolute atomic E-state index is 11.9. The Kier molecular flexibility index (Phi) is 6.46. The highest BCUT2D eigenvalue weighted by Crippen LogP contribution is 2.21. The number of hydrogen-bond donors (Lipinski definition) is 1. The van der Waals surface area contributed by atoms with E-state index in [1.165, 1.54) is 38.5 Å². The third kappa shape index (κ3) is 4.52. The van der Waals surface area contributed by atoms with Crippen molar-refractivity contribution < 1.29 is 4.79 Å². The predicted octanol–water partition coefficient (Wildman–Crippen LogP) is 2.17. The van der Waals surface area contributed by atoms with Crippen molar-refractivity contribution in [2.45, 2.75) is 57.9 Å². The first-order valence-electron chi connectivity index (χ1n) is 6.72. The molecule has 0 aromatic heterocycles. The number of nitrogens with one attached hydrogen (secondary N) is 1. The summed E-state index contributed by atoms with van der Waals surface area (Å²) in [5, 5.41) is 3.21. The molecule has 0 unspecified atom stereocenters. The number of rotatable bonds is 6. The largest absolute Gasteiger partial charge is 0.342 e. The first-order chi connectivity index (χ1) is 7.75. The SMILES string of the molecule is CCCCNCC(=O)N(C)C1CCCCC1. The molecule has 1 N–H and O–H groups in total. The summed E-state index contributed by atoms with van der Waals surface area (Å²) < 4.78 is 0. The second-order valence-electron chi connectivity index (χ2n) is 4.83. The van der Waals surface area contributed by atoms with Gasteiger partial charge < -0.3 is 10.2 Å². The molecule has 3 heteroatoms. The minimum atomic E-state index is 0.253. The van der Waals surface area contributed by atoms with Crippen LogP contribution in [0, 0.1) is 0 Å². The van der Waals surface area contributed by atoms with Crippen molar-refractivity contribution in [3.05, 3.63) is 0 Å². The minimum absolute atomic E-state index is 0.253. The summed E-state index contributed by atoms with van der Waals surface area (Å²) in [5.74, 6) is 0.253. The molecule has 1 amide bonds. The van der Waals surface area contributed by atoms with Crippen molar-refractivity contribution in [3.63, 3.8) is 0 Å². The molecule has 1 fully saturated rings. The van der Waals surface area contributed by atoms with Crippen molar-refractivity contribution in [3.8, 4) is 0 Å². The Morgan fingerprint density at radius 3 is 2.62 bits per heavy atom. The number of amides is 1. The monoisotopic (exact) mass is 226 g/mol. The smallest absolute Gasteiger partial charge is 0.236 e. The molecule has 1 aliphatic rings. The van der Waals surface area contributed by atoms with Crippen LogP contribution in [0.25, 0.3) is 0 Å². The lowest BCUT2D eigenvalue weighted by molar-refractivity contribution is -0.131. The lowest BCUT2D eigenvalue weighted by atomic mass is 9.94. The molecule has 0 aromatic rings. The van der Waals surface area contributed by atoms with Gasteiger partial charge in [0.2, 0.25) is 5.91 Å². The van der Waals surface area contributed by atoms with E-state index >= 15 is 0 Å². The number of carbonyl (C=O) groups is 1. The van der Waals surface area contributed by atoms with Gasteiger partial charge in [0, 0.05) is 13.1 Å². The molecule has 0 spiro atoms. The molecule has 0 bridgehead atoms. The Bertz CT molecular complexity index is 200. The molecule has 0 heterocycles. The Morgan fingerprint density at radius 1 is 1.31 bits per heavy atom. The molecule has 0 saturated heterocycles. The molecule has 1 rings (SSSR count). The van der Waals surface area contributed by atoms with Crippen molar-refractivity contribution >= 4 is 5.91 Å². The molecule has 16 heavy (non-hydrogen) atoms. The summed E-state index contributed by atoms with van der Waals surface area (Å²) >= 11 is 0. The summed E-state index contributed by atoms with van der Waals surface area (Å²) in [6.07, 6.45) is 8.62. The second-order valence-corrected chi connectivity index (χ2v) is 4.83. The fourth-order valence-electron chi connectivity index (χ4n) is 2.29. The van der Waals surface area contributed by atoms with Gasteiger partial charge in [0.1, 0.15) is 0 Å². The van der Waals surface area contributed by atoms with Gasteiger partial charge in [-0.15, -0.1) is 0 Å². The zero-order valence-electron chi connectivity index (χ0n) is 10.8. The average molecular weight is 226 g/mol. The maximum atomic E-state index is 11.9. The van der Waals surface area contributed by atoms with Gasteiger partial charge in [0.05, 0.1) is 6.54 Å². The van der Waals surface area contributed by atoms with Crippen molar-refractivity contribution in [1.82, 2.24) is 10.2 Å². The van der Waals surface area contributed by atoms with Crippen LogP contribution in [-0.4, -0.2) is 37.0 Å². The van der Waals surface area contributed by atoms with Gasteiger partial charge >= 0.3 is 0 Å². The molecule has 1 aliphatic carbocycles. The lowest BCUT2D eigenvalue weighted by Crippen LogP contribution is -2.42. The summed E-state index contributed by atoms with van der Waals surface area (Å²) in [4.78, 5) is 13.8. The molecule has 1 saturated carbocycles. The standard InChI is InChI=1S/C13H26N2O/c1-3-4-10-14-11-13(16)15(2)12-8-6-5-7-9-12/h12,14H,3-11H2,1-2H3. The van der Waals surface area contributed by atoms with Crippen LogP contribution in [0.3, 0.4) is 0 Å². The van der Waals surface area contributed by atoms with E-state index in [1.54, 1.807) is 0 Å². The van der Waals surface area contributed by atoms with Gasteiger partial charge in [-0.2, -0.15) is 0 Å². The zero-order valence-corrected chi connectivity index (χ0v) is 10.8. The summed E-state index contributed by atoms with van der Waals surface area (Å²) in [6.45, 7) is 3.63. The van der Waals surface area contributed by atoms with E-state index in [-0.39, 0.29) is 5.91 Å². The maximum Gasteiger partial charge on any atom is 0.236 e. The third-order valence-corrected chi connectivity index (χ3v) is 3.50. The van der Waals surface area contributed by atoms with E-state index in [4.69, 9.17) is 0 Å². The Balaban J connectivity index is 2.18. The number of nitrogens with zero attached hydrogens (tertiary/aromatic N) is 1. The second kappa shape index (κ2) is 7.66. The van der Waals surface area contributed by atoms with Crippen LogP contribution in [0.15, 0.2) is 0 Å². The van der Waals surface area contributed by atoms with Gasteiger partial charge in [-0.25, -0.2) is 0 Å². The lowest BCUT2D eigenvalue weighted by Gasteiger charge is -2.31. The molecule has 0 aromatic carbocycles. The molecule has 0 aliphatic heterocycles. The third-order valence-electron chi connectivity index (χ3n) is 3.50. The van der Waals surface area contributed by atoms with Crippen molar-refractivity contribution in [2.24, 2.45) is 0 Å². The van der Waals surface area contributed by atoms with Crippen LogP contribution in [0.2, 0.25) is 0 Å². The highest BCUT2D eigenvalue weighted by atomic mass is 16.2. The molecule has 0 radical (unpaired) electrons. The molecule has 3 nitrogen and oxygen atoms in total. The van der Waals surface area contributed by atoms with E-state index in [1.807, 2.05) is 11.9 Å². The van der Waals surface area contributed by atoms with Crippen LogP contribution >= 0.6 is 0 Å². The van der Waals surface area contributed by atoms with E-state index in [0.29, 0.717) is 12.6 Å². The molecule has 0 atom stereocenters. The fourth-order valence-corrected chi connectivity index (χ4v) is 2.29. The van der Waals surface area contributed by atoms with Gasteiger partial charge in [-0.3, -0.25) is 4.79 Å². The summed E-state index contributed by atoms with van der Waals surface area (Å²) in [7, 11) is 1.96. The normalized spacial score (nSPS) is 17.4. The van der Waals surface area contributed by atoms with E-state index < -0.39 is 0 Å². The molecule has 94 valence electrons. The van der Waals surface area contributed by atoms with Crippen LogP contribution in [0.4, 0.5) is 0 Å². The van der Waals surface area contributed by atoms with Gasteiger partial charge in [-0.1, -0.05) is 32.6 Å². The Hall–Kier alpha value is -0.570. The quantitative estimate of drug-likeness (QED) is 0.704. The highest BCUT2D eigenvalue weighted by molar-refractivity contribution is 5.78. The van der Waals surface area contributed by atoms with Crippen LogP contribution in [0.5, 0.6) is 0 Å². The van der Waals surface area contributed by atoms with Crippen molar-refractivity contribution in [1.29, 1.82) is 0 Å². The summed E-state index contributed by atoms with van der Waals surface area (Å²) in [6, 6.07) is 0.495. The van der Waals surface area contributed by atoms with Crippen LogP contribution in [-0.2, 0) is 4.79 Å². The van der Waals surface area contributed by atoms with E-state index in [9.17, 15) is 4.79 Å². The van der Waals surface area contributed by atoms with Gasteiger partial charge in [0.15, 0.2) is 0 Å². The van der Waals surface area contributed by atoms with Crippen LogP contribution in [0.1, 0.15) is 51.9 Å². The van der Waals surface area contributed by atoms with Crippen molar-refractivity contribution in [2.75, 3.05) is 20.1 Å². The Labute approximate surface area is 99.6 Å². The predicted molar refractivity (Wildman–Crippen MR) is 67.4 cm³/mol. The number of unbranched alkanes of at least 4 members (excludes halogenated alkanes) is 1. The van der Waals surface area contributed by atoms with E-state index in [0.717, 1.165) is 13.0 Å². The highest BCUT2D eigenvalue weighted by Gasteiger charge is 2.21. The Morgan fingerprint density at radius 2 is 2.00 bits per heavy atom. The fraction of sp³-hybridized carbons (Fsp3) is 0.923. The molecular formula is C13H26N2O. The van der Waals surface area contributed by atoms with Crippen LogP contribution < -0.4 is 5.32 Å². The number of hydrogen-bond acceptors (Lipinski definition) is 2. The first-order valence-corrected chi connectivity index (χ1v) is 6.72. The number of carbonyl (C=O) groups excluding carboxylic acids is 1. The topological polar surface area (TPSA) is 32.3 Å². The first kappa shape index (κ1) is 13.5. The minimum Gasteiger partial charge on any atom is -0.342 e. The van der Waals surface area contributed by atoms with Gasteiger partial charge in [-0.05, 0) is 25.8 Å².